The first-order chi connectivity index (χ1) is 11.2. The molecule has 0 aliphatic heterocycles. The molecule has 0 saturated carbocycles. The van der Waals surface area contributed by atoms with Crippen molar-refractivity contribution in [3.8, 4) is 0 Å². The summed E-state index contributed by atoms with van der Waals surface area (Å²) in [7, 11) is 0. The number of rotatable bonds is 16. The summed E-state index contributed by atoms with van der Waals surface area (Å²) in [6, 6.07) is 0. The molecule has 0 aromatic carbocycles. The van der Waals surface area contributed by atoms with Crippen molar-refractivity contribution in [2.75, 3.05) is 6.61 Å². The zero-order chi connectivity index (χ0) is 17.2. The van der Waals surface area contributed by atoms with Crippen LogP contribution in [0.15, 0.2) is 24.3 Å². The van der Waals surface area contributed by atoms with Gasteiger partial charge in [-0.1, -0.05) is 56.9 Å². The van der Waals surface area contributed by atoms with Gasteiger partial charge in [0.05, 0.1) is 0 Å². The molecule has 0 bridgehead atoms. The van der Waals surface area contributed by atoms with Crippen LogP contribution in [0.4, 0.5) is 0 Å². The van der Waals surface area contributed by atoms with Crippen LogP contribution >= 0.6 is 0 Å². The van der Waals surface area contributed by atoms with E-state index in [2.05, 4.69) is 31.2 Å². The molecule has 0 rings (SSSR count). The molecule has 23 heavy (non-hydrogen) atoms. The summed E-state index contributed by atoms with van der Waals surface area (Å²) < 4.78 is 0. The van der Waals surface area contributed by atoms with E-state index in [1.165, 1.54) is 38.5 Å². The number of hydrogen-bond donors (Lipinski definition) is 2. The molecule has 134 valence electrons. The van der Waals surface area contributed by atoms with Gasteiger partial charge in [0.25, 0.3) is 0 Å². The number of amides is 1. The van der Waals surface area contributed by atoms with E-state index in [-0.39, 0.29) is 18.4 Å². The monoisotopic (exact) mass is 323 g/mol. The van der Waals surface area contributed by atoms with Crippen molar-refractivity contribution in [3.63, 3.8) is 0 Å². The number of allylic oxidation sites excluding steroid dienone is 4. The second kappa shape index (κ2) is 17.3. The lowest BCUT2D eigenvalue weighted by Crippen LogP contribution is -2.17. The largest absolute Gasteiger partial charge is 0.396 e. The van der Waals surface area contributed by atoms with Crippen molar-refractivity contribution in [1.29, 1.82) is 0 Å². The highest BCUT2D eigenvalue weighted by Gasteiger charge is 2.10. The lowest BCUT2D eigenvalue weighted by Gasteiger charge is -2.13. The zero-order valence-electron chi connectivity index (χ0n) is 15.0. The van der Waals surface area contributed by atoms with Crippen LogP contribution in [0.2, 0.25) is 0 Å². The minimum atomic E-state index is -0.255. The highest BCUT2D eigenvalue weighted by Crippen LogP contribution is 2.17. The van der Waals surface area contributed by atoms with E-state index < -0.39 is 0 Å². The normalized spacial score (nSPS) is 13.1. The molecule has 3 N–H and O–H groups in total. The number of primary amides is 1. The molecule has 3 nitrogen and oxygen atoms in total. The fourth-order valence-electron chi connectivity index (χ4n) is 2.71. The molecule has 1 unspecified atom stereocenters. The summed E-state index contributed by atoms with van der Waals surface area (Å²) in [6.07, 6.45) is 22.0. The Morgan fingerprint density at radius 1 is 0.957 bits per heavy atom. The summed E-state index contributed by atoms with van der Waals surface area (Å²) in [5.41, 5.74) is 5.23. The maximum Gasteiger partial charge on any atom is 0.217 e. The summed E-state index contributed by atoms with van der Waals surface area (Å²) in [4.78, 5) is 10.9. The average Bonchev–Trinajstić information content (AvgIpc) is 2.51. The topological polar surface area (TPSA) is 63.3 Å². The van der Waals surface area contributed by atoms with Gasteiger partial charge in [-0.15, -0.1) is 0 Å². The van der Waals surface area contributed by atoms with E-state index >= 15 is 0 Å². The van der Waals surface area contributed by atoms with Crippen molar-refractivity contribution in [3.05, 3.63) is 24.3 Å². The van der Waals surface area contributed by atoms with Crippen LogP contribution in [-0.2, 0) is 4.79 Å². The number of aliphatic hydroxyl groups excluding tert-OH is 1. The smallest absolute Gasteiger partial charge is 0.217 e. The van der Waals surface area contributed by atoms with Gasteiger partial charge in [0.15, 0.2) is 0 Å². The highest BCUT2D eigenvalue weighted by atomic mass is 16.3. The second-order valence-corrected chi connectivity index (χ2v) is 6.36. The fraction of sp³-hybridized carbons (Fsp3) is 0.750. The number of carbonyl (C=O) groups excluding carboxylic acids is 1. The zero-order valence-corrected chi connectivity index (χ0v) is 15.0. The van der Waals surface area contributed by atoms with Crippen molar-refractivity contribution in [1.82, 2.24) is 0 Å². The number of aliphatic hydroxyl groups is 1. The Morgan fingerprint density at radius 2 is 1.61 bits per heavy atom. The number of unbranched alkanes of at least 4 members (excludes halogenated alkanes) is 6. The summed E-state index contributed by atoms with van der Waals surface area (Å²) in [6.45, 7) is 2.38. The molecule has 0 fully saturated rings. The SMILES string of the molecule is CCCCCC=CCC=CCCCCCC(CCO)CC(N)=O. The van der Waals surface area contributed by atoms with Gasteiger partial charge in [-0.2, -0.15) is 0 Å². The molecular formula is C20H37NO2. The van der Waals surface area contributed by atoms with Gasteiger partial charge in [-0.3, -0.25) is 4.79 Å². The van der Waals surface area contributed by atoms with E-state index in [1.54, 1.807) is 0 Å². The first kappa shape index (κ1) is 21.9. The van der Waals surface area contributed by atoms with Crippen molar-refractivity contribution in [2.24, 2.45) is 11.7 Å². The van der Waals surface area contributed by atoms with Crippen LogP contribution in [0, 0.1) is 5.92 Å². The molecule has 0 aromatic heterocycles. The molecule has 1 atom stereocenters. The van der Waals surface area contributed by atoms with Crippen molar-refractivity contribution in [2.45, 2.75) is 84.0 Å². The molecule has 3 heteroatoms. The van der Waals surface area contributed by atoms with Crippen LogP contribution in [0.5, 0.6) is 0 Å². The Hall–Kier alpha value is -1.09. The summed E-state index contributed by atoms with van der Waals surface area (Å²) >= 11 is 0. The van der Waals surface area contributed by atoms with Gasteiger partial charge in [0.1, 0.15) is 0 Å². The highest BCUT2D eigenvalue weighted by molar-refractivity contribution is 5.73. The molecule has 0 heterocycles. The third-order valence-corrected chi connectivity index (χ3v) is 4.09. The van der Waals surface area contributed by atoms with Gasteiger partial charge in [0.2, 0.25) is 5.91 Å². The standard InChI is InChI=1S/C20H37NO2/c1-2-3-4-5-6-7-8-9-10-11-12-13-14-15-19(16-17-22)18-20(21)23/h6-7,9-10,19,22H,2-5,8,11-18H2,1H3,(H2,21,23). The van der Waals surface area contributed by atoms with Crippen LogP contribution in [0.25, 0.3) is 0 Å². The van der Waals surface area contributed by atoms with E-state index in [0.717, 1.165) is 25.7 Å². The molecular weight excluding hydrogens is 286 g/mol. The lowest BCUT2D eigenvalue weighted by atomic mass is 9.94. The van der Waals surface area contributed by atoms with Crippen LogP contribution in [0.1, 0.15) is 84.0 Å². The third-order valence-electron chi connectivity index (χ3n) is 4.09. The predicted octanol–water partition coefficient (Wildman–Crippen LogP) is 4.89. The van der Waals surface area contributed by atoms with E-state index in [1.807, 2.05) is 0 Å². The molecule has 0 aliphatic rings. The first-order valence-electron chi connectivity index (χ1n) is 9.39. The Labute approximate surface area is 143 Å². The predicted molar refractivity (Wildman–Crippen MR) is 99.1 cm³/mol. The second-order valence-electron chi connectivity index (χ2n) is 6.36. The Kier molecular flexibility index (Phi) is 16.4. The quantitative estimate of drug-likeness (QED) is 0.314. The number of hydrogen-bond acceptors (Lipinski definition) is 2. The van der Waals surface area contributed by atoms with E-state index in [0.29, 0.717) is 12.8 Å². The number of carbonyl (C=O) groups is 1. The fourth-order valence-corrected chi connectivity index (χ4v) is 2.71. The Balaban J connectivity index is 3.49. The van der Waals surface area contributed by atoms with E-state index in [9.17, 15) is 4.79 Å². The van der Waals surface area contributed by atoms with Gasteiger partial charge in [-0.05, 0) is 50.9 Å². The summed E-state index contributed by atoms with van der Waals surface area (Å²) in [5.74, 6) is 0.0000182. The van der Waals surface area contributed by atoms with Crippen LogP contribution in [0.3, 0.4) is 0 Å². The first-order valence-corrected chi connectivity index (χ1v) is 9.39. The molecule has 0 radical (unpaired) electrons. The minimum absolute atomic E-state index is 0.145. The van der Waals surface area contributed by atoms with Crippen molar-refractivity contribution >= 4 is 5.91 Å². The van der Waals surface area contributed by atoms with Crippen molar-refractivity contribution < 1.29 is 9.90 Å². The lowest BCUT2D eigenvalue weighted by molar-refractivity contribution is -0.119. The molecule has 0 saturated heterocycles. The summed E-state index contributed by atoms with van der Waals surface area (Å²) in [5, 5.41) is 8.99. The number of nitrogens with two attached hydrogens (primary N) is 1. The van der Waals surface area contributed by atoms with Gasteiger partial charge < -0.3 is 10.8 Å². The van der Waals surface area contributed by atoms with Gasteiger partial charge in [-0.25, -0.2) is 0 Å². The molecule has 1 amide bonds. The Morgan fingerprint density at radius 3 is 2.17 bits per heavy atom. The van der Waals surface area contributed by atoms with Gasteiger partial charge >= 0.3 is 0 Å². The van der Waals surface area contributed by atoms with Crippen LogP contribution in [-0.4, -0.2) is 17.6 Å². The van der Waals surface area contributed by atoms with Gasteiger partial charge in [0, 0.05) is 13.0 Å². The molecule has 0 spiro atoms. The maximum absolute atomic E-state index is 10.9. The van der Waals surface area contributed by atoms with Crippen LogP contribution < -0.4 is 5.73 Å². The third kappa shape index (κ3) is 17.1. The molecule has 0 aliphatic carbocycles. The van der Waals surface area contributed by atoms with E-state index in [4.69, 9.17) is 10.8 Å². The maximum atomic E-state index is 10.9. The molecule has 0 aromatic rings. The Bertz CT molecular complexity index is 324. The minimum Gasteiger partial charge on any atom is -0.396 e. The average molecular weight is 324 g/mol.